The van der Waals surface area contributed by atoms with Crippen LogP contribution in [-0.2, 0) is 22.9 Å². The van der Waals surface area contributed by atoms with E-state index < -0.39 is 10.0 Å². The van der Waals surface area contributed by atoms with Crippen LogP contribution in [-0.4, -0.2) is 23.2 Å². The standard InChI is InChI=1S/C14H14N2O4S/c15-21(19,20)10-7-5-9(6-8-10)16-13(17)11-3-1-2-4-12(11)14(16)18/h1-2,5-8,17-18H,3-4H2,(H2,15,19,20). The molecule has 6 nitrogen and oxygen atoms in total. The van der Waals surface area contributed by atoms with E-state index >= 15 is 0 Å². The van der Waals surface area contributed by atoms with Crippen LogP contribution in [0.3, 0.4) is 0 Å². The average Bonchev–Trinajstić information content (AvgIpc) is 2.71. The number of rotatable bonds is 2. The molecule has 21 heavy (non-hydrogen) atoms. The van der Waals surface area contributed by atoms with Gasteiger partial charge in [-0.15, -0.1) is 0 Å². The van der Waals surface area contributed by atoms with Crippen molar-refractivity contribution in [2.45, 2.75) is 17.7 Å². The lowest BCUT2D eigenvalue weighted by molar-refractivity contribution is 0.400. The van der Waals surface area contributed by atoms with E-state index in [0.717, 1.165) is 0 Å². The lowest BCUT2D eigenvalue weighted by Gasteiger charge is -2.08. The van der Waals surface area contributed by atoms with Gasteiger partial charge in [0.25, 0.3) is 0 Å². The van der Waals surface area contributed by atoms with Gasteiger partial charge in [-0.2, -0.15) is 0 Å². The van der Waals surface area contributed by atoms with Crippen LogP contribution in [0, 0.1) is 0 Å². The van der Waals surface area contributed by atoms with Crippen LogP contribution in [0.4, 0.5) is 0 Å². The highest BCUT2D eigenvalue weighted by molar-refractivity contribution is 7.89. The van der Waals surface area contributed by atoms with Crippen LogP contribution >= 0.6 is 0 Å². The molecule has 1 heterocycles. The molecule has 0 saturated carbocycles. The Morgan fingerprint density at radius 1 is 0.952 bits per heavy atom. The third-order valence-electron chi connectivity index (χ3n) is 3.56. The summed E-state index contributed by atoms with van der Waals surface area (Å²) in [4.78, 5) is -0.0242. The zero-order chi connectivity index (χ0) is 15.2. The van der Waals surface area contributed by atoms with Crippen LogP contribution in [0.5, 0.6) is 11.8 Å². The minimum absolute atomic E-state index is 0.0242. The summed E-state index contributed by atoms with van der Waals surface area (Å²) in [6, 6.07) is 5.64. The number of sulfonamides is 1. The van der Waals surface area contributed by atoms with E-state index in [0.29, 0.717) is 29.7 Å². The lowest BCUT2D eigenvalue weighted by Crippen LogP contribution is -2.11. The summed E-state index contributed by atoms with van der Waals surface area (Å²) >= 11 is 0. The van der Waals surface area contributed by atoms with Crippen LogP contribution in [0.25, 0.3) is 5.69 Å². The molecule has 0 radical (unpaired) electrons. The van der Waals surface area contributed by atoms with Gasteiger partial charge in [-0.05, 0) is 37.1 Å². The second-order valence-electron chi connectivity index (χ2n) is 4.86. The van der Waals surface area contributed by atoms with Crippen LogP contribution in [0.15, 0.2) is 41.3 Å². The molecule has 110 valence electrons. The quantitative estimate of drug-likeness (QED) is 0.725. The van der Waals surface area contributed by atoms with Gasteiger partial charge in [-0.25, -0.2) is 13.6 Å². The van der Waals surface area contributed by atoms with Gasteiger partial charge in [0.05, 0.1) is 10.6 Å². The van der Waals surface area contributed by atoms with E-state index in [1.165, 1.54) is 28.8 Å². The maximum atomic E-state index is 11.2. The Balaban J connectivity index is 2.12. The molecule has 2 aromatic rings. The molecule has 3 rings (SSSR count). The third kappa shape index (κ3) is 2.20. The summed E-state index contributed by atoms with van der Waals surface area (Å²) in [5.41, 5.74) is 1.84. The van der Waals surface area contributed by atoms with Crippen molar-refractivity contribution in [1.82, 2.24) is 4.57 Å². The normalized spacial score (nSPS) is 14.1. The van der Waals surface area contributed by atoms with Gasteiger partial charge in [0.15, 0.2) is 0 Å². The molecule has 1 aliphatic rings. The highest BCUT2D eigenvalue weighted by Crippen LogP contribution is 2.39. The van der Waals surface area contributed by atoms with E-state index in [1.807, 2.05) is 12.2 Å². The van der Waals surface area contributed by atoms with E-state index in [2.05, 4.69) is 0 Å². The predicted molar refractivity (Wildman–Crippen MR) is 77.0 cm³/mol. The first kappa shape index (κ1) is 13.7. The van der Waals surface area contributed by atoms with E-state index in [1.54, 1.807) is 0 Å². The van der Waals surface area contributed by atoms with Crippen LogP contribution in [0.1, 0.15) is 11.1 Å². The second kappa shape index (κ2) is 4.64. The van der Waals surface area contributed by atoms with Crippen molar-refractivity contribution < 1.29 is 18.6 Å². The number of allylic oxidation sites excluding steroid dienone is 2. The molecule has 4 N–H and O–H groups in total. The van der Waals surface area contributed by atoms with Gasteiger partial charge in [-0.3, -0.25) is 4.57 Å². The Labute approximate surface area is 121 Å². The number of nitrogens with zero attached hydrogens (tertiary/aromatic N) is 1. The maximum absolute atomic E-state index is 11.2. The molecule has 0 aliphatic heterocycles. The van der Waals surface area contributed by atoms with Crippen LogP contribution in [0.2, 0.25) is 0 Å². The van der Waals surface area contributed by atoms with Gasteiger partial charge in [0.1, 0.15) is 0 Å². The molecule has 7 heteroatoms. The van der Waals surface area contributed by atoms with Gasteiger partial charge < -0.3 is 10.2 Å². The van der Waals surface area contributed by atoms with Crippen molar-refractivity contribution in [1.29, 1.82) is 0 Å². The largest absolute Gasteiger partial charge is 0.494 e. The molecule has 0 fully saturated rings. The Morgan fingerprint density at radius 3 is 1.86 bits per heavy atom. The SMILES string of the molecule is NS(=O)(=O)c1ccc(-n2c(O)c3c(c2O)CC=CC3)cc1. The third-order valence-corrected chi connectivity index (χ3v) is 4.49. The van der Waals surface area contributed by atoms with Gasteiger partial charge in [0, 0.05) is 11.1 Å². The molecule has 0 unspecified atom stereocenters. The molecule has 0 spiro atoms. The Bertz CT molecular complexity index is 801. The van der Waals surface area contributed by atoms with Crippen molar-refractivity contribution in [2.75, 3.05) is 0 Å². The minimum atomic E-state index is -3.77. The van der Waals surface area contributed by atoms with Gasteiger partial charge >= 0.3 is 0 Å². The fraction of sp³-hybridized carbons (Fsp3) is 0.143. The van der Waals surface area contributed by atoms with Crippen molar-refractivity contribution in [3.8, 4) is 17.4 Å². The monoisotopic (exact) mass is 306 g/mol. The minimum Gasteiger partial charge on any atom is -0.494 e. The zero-order valence-corrected chi connectivity index (χ0v) is 11.8. The Kier molecular flexibility index (Phi) is 3.03. The number of aromatic hydroxyl groups is 2. The summed E-state index contributed by atoms with van der Waals surface area (Å²) < 4.78 is 23.8. The van der Waals surface area contributed by atoms with E-state index in [-0.39, 0.29) is 16.7 Å². The van der Waals surface area contributed by atoms with Crippen molar-refractivity contribution in [3.05, 3.63) is 47.5 Å². The number of hydrogen-bond acceptors (Lipinski definition) is 4. The first-order valence-electron chi connectivity index (χ1n) is 6.32. The van der Waals surface area contributed by atoms with Crippen molar-refractivity contribution >= 4 is 10.0 Å². The van der Waals surface area contributed by atoms with Crippen molar-refractivity contribution in [2.24, 2.45) is 5.14 Å². The highest BCUT2D eigenvalue weighted by atomic mass is 32.2. The maximum Gasteiger partial charge on any atom is 0.238 e. The highest BCUT2D eigenvalue weighted by Gasteiger charge is 2.23. The Hall–Kier alpha value is -2.25. The Morgan fingerprint density at radius 2 is 1.43 bits per heavy atom. The summed E-state index contributed by atoms with van der Waals surface area (Å²) in [6.45, 7) is 0. The summed E-state index contributed by atoms with van der Waals surface area (Å²) in [5.74, 6) is -0.0644. The summed E-state index contributed by atoms with van der Waals surface area (Å²) in [7, 11) is -3.77. The summed E-state index contributed by atoms with van der Waals surface area (Å²) in [6.07, 6.45) is 4.96. The van der Waals surface area contributed by atoms with Gasteiger partial charge in [-0.1, -0.05) is 12.2 Å². The van der Waals surface area contributed by atoms with Gasteiger partial charge in [0.2, 0.25) is 21.8 Å². The molecule has 0 amide bonds. The molecule has 0 bridgehead atoms. The topological polar surface area (TPSA) is 106 Å². The number of benzene rings is 1. The molecule has 1 aliphatic carbocycles. The first-order valence-corrected chi connectivity index (χ1v) is 7.87. The molecule has 1 aromatic carbocycles. The van der Waals surface area contributed by atoms with E-state index in [9.17, 15) is 18.6 Å². The smallest absolute Gasteiger partial charge is 0.238 e. The number of primary sulfonamides is 1. The fourth-order valence-corrected chi connectivity index (χ4v) is 3.02. The van der Waals surface area contributed by atoms with Crippen molar-refractivity contribution in [3.63, 3.8) is 0 Å². The summed E-state index contributed by atoms with van der Waals surface area (Å²) in [5, 5.41) is 25.6. The number of nitrogens with two attached hydrogens (primary N) is 1. The fourth-order valence-electron chi connectivity index (χ4n) is 2.50. The molecule has 1 aromatic heterocycles. The predicted octanol–water partition coefficient (Wildman–Crippen LogP) is 1.19. The molecular weight excluding hydrogens is 292 g/mol. The number of hydrogen-bond donors (Lipinski definition) is 3. The van der Waals surface area contributed by atoms with E-state index in [4.69, 9.17) is 5.14 Å². The average molecular weight is 306 g/mol. The van der Waals surface area contributed by atoms with Crippen LogP contribution < -0.4 is 5.14 Å². The first-order chi connectivity index (χ1) is 9.89. The lowest BCUT2D eigenvalue weighted by atomic mass is 10.0. The molecule has 0 saturated heterocycles. The second-order valence-corrected chi connectivity index (χ2v) is 6.42. The molecule has 0 atom stereocenters. The molecular formula is C14H14N2O4S. The number of fused-ring (bicyclic) bond motifs is 1. The number of aromatic nitrogens is 1. The zero-order valence-electron chi connectivity index (χ0n) is 11.0.